The van der Waals surface area contributed by atoms with Crippen molar-refractivity contribution in [2.24, 2.45) is 0 Å². The van der Waals surface area contributed by atoms with E-state index in [1.165, 1.54) is 19.1 Å². The summed E-state index contributed by atoms with van der Waals surface area (Å²) in [5.41, 5.74) is -4.03. The summed E-state index contributed by atoms with van der Waals surface area (Å²) in [6.07, 6.45) is -3.34. The third-order valence-electron chi connectivity index (χ3n) is 3.85. The van der Waals surface area contributed by atoms with E-state index in [4.69, 9.17) is 9.47 Å². The number of benzene rings is 2. The van der Waals surface area contributed by atoms with Gasteiger partial charge in [0.2, 0.25) is 5.41 Å². The molecule has 0 N–H and O–H groups in total. The first-order valence-corrected chi connectivity index (χ1v) is 8.31. The van der Waals surface area contributed by atoms with Gasteiger partial charge in [-0.1, -0.05) is 36.4 Å². The SMILES string of the molecule is CCOC(=O)C(C(=O)OC(C)(C)C)(c1ccc2ccccc2c1)C(F)F. The molecule has 0 spiro atoms. The third kappa shape index (κ3) is 3.69. The smallest absolute Gasteiger partial charge is 0.334 e. The van der Waals surface area contributed by atoms with Crippen LogP contribution in [0.1, 0.15) is 33.3 Å². The van der Waals surface area contributed by atoms with Gasteiger partial charge in [-0.3, -0.25) is 9.59 Å². The van der Waals surface area contributed by atoms with Crippen molar-refractivity contribution in [2.45, 2.75) is 45.1 Å². The molecule has 0 heterocycles. The fraction of sp³-hybridized carbons (Fsp3) is 0.400. The van der Waals surface area contributed by atoms with Gasteiger partial charge in [0, 0.05) is 0 Å². The number of carbonyl (C=O) groups excluding carboxylic acids is 2. The molecule has 2 aromatic carbocycles. The van der Waals surface area contributed by atoms with Crippen LogP contribution in [0, 0.1) is 0 Å². The Kier molecular flexibility index (Phi) is 5.64. The summed E-state index contributed by atoms with van der Waals surface area (Å²) in [6, 6.07) is 11.4. The molecule has 0 fully saturated rings. The first kappa shape index (κ1) is 19.8. The summed E-state index contributed by atoms with van der Waals surface area (Å²) in [4.78, 5) is 25.3. The molecule has 0 aliphatic heterocycles. The lowest BCUT2D eigenvalue weighted by molar-refractivity contribution is -0.180. The molecule has 26 heavy (non-hydrogen) atoms. The standard InChI is InChI=1S/C20H22F2O4/c1-5-25-17(23)20(16(21)22,18(24)26-19(2,3)4)15-11-10-13-8-6-7-9-14(13)12-15/h6-12,16H,5H2,1-4H3. The zero-order valence-corrected chi connectivity index (χ0v) is 15.2. The summed E-state index contributed by atoms with van der Waals surface area (Å²) < 4.78 is 38.5. The lowest BCUT2D eigenvalue weighted by Crippen LogP contribution is -2.53. The van der Waals surface area contributed by atoms with E-state index >= 15 is 0 Å². The van der Waals surface area contributed by atoms with Crippen LogP contribution in [0.3, 0.4) is 0 Å². The molecule has 0 saturated heterocycles. The highest BCUT2D eigenvalue weighted by atomic mass is 19.3. The second-order valence-electron chi connectivity index (χ2n) is 6.89. The number of hydrogen-bond acceptors (Lipinski definition) is 4. The van der Waals surface area contributed by atoms with E-state index in [1.54, 1.807) is 45.0 Å². The highest BCUT2D eigenvalue weighted by Gasteiger charge is 2.59. The molecule has 1 unspecified atom stereocenters. The van der Waals surface area contributed by atoms with Crippen LogP contribution in [-0.2, 0) is 24.5 Å². The van der Waals surface area contributed by atoms with E-state index in [1.807, 2.05) is 6.07 Å². The van der Waals surface area contributed by atoms with Gasteiger partial charge in [0.1, 0.15) is 5.60 Å². The monoisotopic (exact) mass is 364 g/mol. The van der Waals surface area contributed by atoms with Gasteiger partial charge in [0.05, 0.1) is 6.61 Å². The Balaban J connectivity index is 2.70. The Morgan fingerprint density at radius 3 is 2.15 bits per heavy atom. The maximum atomic E-state index is 14.2. The summed E-state index contributed by atoms with van der Waals surface area (Å²) in [6.45, 7) is 6.00. The molecule has 2 rings (SSSR count). The predicted molar refractivity (Wildman–Crippen MR) is 94.1 cm³/mol. The van der Waals surface area contributed by atoms with E-state index in [0.717, 1.165) is 5.39 Å². The Hall–Kier alpha value is -2.50. The Morgan fingerprint density at radius 2 is 1.62 bits per heavy atom. The molecule has 0 bridgehead atoms. The molecule has 140 valence electrons. The van der Waals surface area contributed by atoms with Crippen molar-refractivity contribution in [3.8, 4) is 0 Å². The van der Waals surface area contributed by atoms with Gasteiger partial charge in [0.25, 0.3) is 6.43 Å². The maximum absolute atomic E-state index is 14.2. The van der Waals surface area contributed by atoms with Crippen molar-refractivity contribution in [2.75, 3.05) is 6.61 Å². The highest BCUT2D eigenvalue weighted by molar-refractivity contribution is 6.07. The van der Waals surface area contributed by atoms with Crippen LogP contribution in [0.2, 0.25) is 0 Å². The first-order chi connectivity index (χ1) is 12.1. The summed E-state index contributed by atoms with van der Waals surface area (Å²) in [7, 11) is 0. The highest BCUT2D eigenvalue weighted by Crippen LogP contribution is 2.37. The van der Waals surface area contributed by atoms with Gasteiger partial charge in [0.15, 0.2) is 0 Å². The van der Waals surface area contributed by atoms with E-state index in [-0.39, 0.29) is 12.2 Å². The van der Waals surface area contributed by atoms with Crippen LogP contribution in [0.4, 0.5) is 8.78 Å². The van der Waals surface area contributed by atoms with E-state index in [0.29, 0.717) is 5.39 Å². The average Bonchev–Trinajstić information content (AvgIpc) is 2.53. The number of carbonyl (C=O) groups is 2. The van der Waals surface area contributed by atoms with Crippen LogP contribution in [-0.4, -0.2) is 30.6 Å². The molecule has 0 amide bonds. The molecule has 0 aliphatic carbocycles. The van der Waals surface area contributed by atoms with E-state index in [9.17, 15) is 18.4 Å². The van der Waals surface area contributed by atoms with Gasteiger partial charge in [-0.25, -0.2) is 8.78 Å². The van der Waals surface area contributed by atoms with Crippen molar-refractivity contribution >= 4 is 22.7 Å². The number of fused-ring (bicyclic) bond motifs is 1. The van der Waals surface area contributed by atoms with Crippen molar-refractivity contribution < 1.29 is 27.8 Å². The minimum absolute atomic E-state index is 0.135. The number of halogens is 2. The van der Waals surface area contributed by atoms with E-state index < -0.39 is 29.4 Å². The van der Waals surface area contributed by atoms with Crippen molar-refractivity contribution in [3.05, 3.63) is 48.0 Å². The van der Waals surface area contributed by atoms with Gasteiger partial charge in [-0.15, -0.1) is 0 Å². The van der Waals surface area contributed by atoms with Crippen LogP contribution >= 0.6 is 0 Å². The molecular formula is C20H22F2O4. The molecule has 6 heteroatoms. The molecule has 4 nitrogen and oxygen atoms in total. The number of ether oxygens (including phenoxy) is 2. The van der Waals surface area contributed by atoms with Crippen LogP contribution < -0.4 is 0 Å². The van der Waals surface area contributed by atoms with Gasteiger partial charge in [-0.05, 0) is 50.1 Å². The summed E-state index contributed by atoms with van der Waals surface area (Å²) in [5, 5.41) is 1.43. The molecule has 2 aromatic rings. The van der Waals surface area contributed by atoms with Crippen molar-refractivity contribution in [1.82, 2.24) is 0 Å². The Morgan fingerprint density at radius 1 is 1.00 bits per heavy atom. The van der Waals surface area contributed by atoms with Crippen molar-refractivity contribution in [3.63, 3.8) is 0 Å². The molecule has 0 radical (unpaired) electrons. The van der Waals surface area contributed by atoms with Crippen LogP contribution in [0.5, 0.6) is 0 Å². The zero-order chi connectivity index (χ0) is 19.5. The normalized spacial score (nSPS) is 14.1. The maximum Gasteiger partial charge on any atom is 0.334 e. The number of alkyl halides is 2. The largest absolute Gasteiger partial charge is 0.465 e. The lowest BCUT2D eigenvalue weighted by atomic mass is 9.79. The molecule has 0 aromatic heterocycles. The predicted octanol–water partition coefficient (Wildman–Crippen LogP) is 4.25. The quantitative estimate of drug-likeness (QED) is 0.588. The summed E-state index contributed by atoms with van der Waals surface area (Å²) in [5.74, 6) is -2.65. The summed E-state index contributed by atoms with van der Waals surface area (Å²) >= 11 is 0. The molecule has 0 aliphatic rings. The molecule has 0 saturated carbocycles. The van der Waals surface area contributed by atoms with Crippen LogP contribution in [0.25, 0.3) is 10.8 Å². The fourth-order valence-electron chi connectivity index (χ4n) is 2.66. The molecule has 1 atom stereocenters. The van der Waals surface area contributed by atoms with Crippen LogP contribution in [0.15, 0.2) is 42.5 Å². The zero-order valence-electron chi connectivity index (χ0n) is 15.2. The van der Waals surface area contributed by atoms with Crippen molar-refractivity contribution in [1.29, 1.82) is 0 Å². The molecular weight excluding hydrogens is 342 g/mol. The number of esters is 2. The second kappa shape index (κ2) is 7.40. The minimum atomic E-state index is -3.34. The third-order valence-corrected chi connectivity index (χ3v) is 3.85. The Labute approximate surface area is 151 Å². The van der Waals surface area contributed by atoms with Gasteiger partial charge in [-0.2, -0.15) is 0 Å². The number of hydrogen-bond donors (Lipinski definition) is 0. The number of rotatable bonds is 5. The van der Waals surface area contributed by atoms with Gasteiger partial charge >= 0.3 is 11.9 Å². The van der Waals surface area contributed by atoms with E-state index in [2.05, 4.69) is 0 Å². The first-order valence-electron chi connectivity index (χ1n) is 8.31. The topological polar surface area (TPSA) is 52.6 Å². The van der Waals surface area contributed by atoms with Gasteiger partial charge < -0.3 is 9.47 Å². The second-order valence-corrected chi connectivity index (χ2v) is 6.89. The fourth-order valence-corrected chi connectivity index (χ4v) is 2.66. The average molecular weight is 364 g/mol. The Bertz CT molecular complexity index is 811. The minimum Gasteiger partial charge on any atom is -0.465 e. The lowest BCUT2D eigenvalue weighted by Gasteiger charge is -2.32.